The second-order valence-corrected chi connectivity index (χ2v) is 3.24. The molecule has 0 aromatic carbocycles. The molecule has 0 bridgehead atoms. The van der Waals surface area contributed by atoms with Crippen molar-refractivity contribution in [2.24, 2.45) is 10.7 Å². The van der Waals surface area contributed by atoms with Gasteiger partial charge in [0.05, 0.1) is 19.6 Å². The molecule has 0 amide bonds. The first kappa shape index (κ1) is 10.8. The molecule has 14 heavy (non-hydrogen) atoms. The predicted octanol–water partition coefficient (Wildman–Crippen LogP) is 0.00630. The zero-order valence-electron chi connectivity index (χ0n) is 8.45. The number of rotatable bonds is 5. The Morgan fingerprint density at radius 2 is 2.36 bits per heavy atom. The monoisotopic (exact) mass is 199 g/mol. The quantitative estimate of drug-likeness (QED) is 0.371. The van der Waals surface area contributed by atoms with E-state index in [-0.39, 0.29) is 5.97 Å². The topological polar surface area (TPSA) is 76.7 Å². The van der Waals surface area contributed by atoms with Crippen molar-refractivity contribution in [1.82, 2.24) is 5.32 Å². The van der Waals surface area contributed by atoms with Crippen LogP contribution in [-0.2, 0) is 9.53 Å². The number of nitrogens with two attached hydrogens (primary N) is 1. The fourth-order valence-electron chi connectivity index (χ4n) is 0.983. The van der Waals surface area contributed by atoms with Crippen LogP contribution in [0.2, 0.25) is 0 Å². The summed E-state index contributed by atoms with van der Waals surface area (Å²) in [5.41, 5.74) is 5.56. The largest absolute Gasteiger partial charge is 0.466 e. The lowest BCUT2D eigenvalue weighted by Gasteiger charge is -2.02. The van der Waals surface area contributed by atoms with Gasteiger partial charge in [-0.2, -0.15) is 0 Å². The van der Waals surface area contributed by atoms with Crippen molar-refractivity contribution in [2.45, 2.75) is 32.2 Å². The molecular weight excluding hydrogens is 182 g/mol. The van der Waals surface area contributed by atoms with E-state index in [4.69, 9.17) is 10.5 Å². The number of hydrogen-bond acceptors (Lipinski definition) is 3. The van der Waals surface area contributed by atoms with Crippen molar-refractivity contribution in [2.75, 3.05) is 13.2 Å². The molecule has 3 N–H and O–H groups in total. The zero-order chi connectivity index (χ0) is 10.4. The third-order valence-electron chi connectivity index (χ3n) is 1.83. The highest BCUT2D eigenvalue weighted by Crippen LogP contribution is 2.17. The van der Waals surface area contributed by atoms with E-state index in [1.165, 1.54) is 0 Å². The lowest BCUT2D eigenvalue weighted by Crippen LogP contribution is -2.33. The van der Waals surface area contributed by atoms with Gasteiger partial charge < -0.3 is 15.8 Å². The molecule has 80 valence electrons. The van der Waals surface area contributed by atoms with Crippen LogP contribution in [0.4, 0.5) is 0 Å². The first-order chi connectivity index (χ1) is 6.72. The van der Waals surface area contributed by atoms with Gasteiger partial charge in [-0.05, 0) is 19.8 Å². The molecule has 5 heteroatoms. The number of nitrogens with zero attached hydrogens (tertiary/aromatic N) is 1. The molecule has 0 atom stereocenters. The van der Waals surface area contributed by atoms with E-state index in [1.54, 1.807) is 6.92 Å². The van der Waals surface area contributed by atoms with Crippen LogP contribution in [0.1, 0.15) is 26.2 Å². The van der Waals surface area contributed by atoms with Crippen molar-refractivity contribution in [3.63, 3.8) is 0 Å². The third-order valence-corrected chi connectivity index (χ3v) is 1.83. The molecule has 0 aromatic rings. The highest BCUT2D eigenvalue weighted by Gasteiger charge is 2.21. The first-order valence-corrected chi connectivity index (χ1v) is 4.94. The maximum Gasteiger partial charge on any atom is 0.307 e. The van der Waals surface area contributed by atoms with E-state index in [1.807, 2.05) is 0 Å². The minimum atomic E-state index is -0.226. The standard InChI is InChI=1S/C9H17N3O2/c1-2-14-8(13)5-6-11-9(10)12-7-3-4-7/h7H,2-6H2,1H3,(H3,10,11,12). The zero-order valence-corrected chi connectivity index (χ0v) is 8.45. The molecule has 1 aliphatic carbocycles. The fraction of sp³-hybridized carbons (Fsp3) is 0.778. The molecule has 0 aliphatic heterocycles. The predicted molar refractivity (Wildman–Crippen MR) is 53.9 cm³/mol. The van der Waals surface area contributed by atoms with Crippen LogP contribution in [-0.4, -0.2) is 31.1 Å². The molecule has 0 heterocycles. The first-order valence-electron chi connectivity index (χ1n) is 4.94. The van der Waals surface area contributed by atoms with Gasteiger partial charge in [0.2, 0.25) is 0 Å². The second kappa shape index (κ2) is 5.47. The van der Waals surface area contributed by atoms with Gasteiger partial charge in [0.15, 0.2) is 5.96 Å². The van der Waals surface area contributed by atoms with Crippen LogP contribution in [0.5, 0.6) is 0 Å². The number of hydrogen-bond donors (Lipinski definition) is 2. The van der Waals surface area contributed by atoms with E-state index in [0.717, 1.165) is 12.8 Å². The highest BCUT2D eigenvalue weighted by atomic mass is 16.5. The number of carbonyl (C=O) groups is 1. The Morgan fingerprint density at radius 1 is 1.64 bits per heavy atom. The van der Waals surface area contributed by atoms with Crippen LogP contribution < -0.4 is 11.1 Å². The van der Waals surface area contributed by atoms with E-state index in [2.05, 4.69) is 10.3 Å². The maximum atomic E-state index is 10.9. The third kappa shape index (κ3) is 4.69. The van der Waals surface area contributed by atoms with Crippen molar-refractivity contribution in [3.8, 4) is 0 Å². The molecular formula is C9H17N3O2. The van der Waals surface area contributed by atoms with E-state index in [0.29, 0.717) is 31.6 Å². The molecule has 0 radical (unpaired) electrons. The Balaban J connectivity index is 2.07. The summed E-state index contributed by atoms with van der Waals surface area (Å²) < 4.78 is 4.75. The number of esters is 1. The Hall–Kier alpha value is -1.26. The number of carbonyl (C=O) groups excluding carboxylic acids is 1. The minimum Gasteiger partial charge on any atom is -0.466 e. The van der Waals surface area contributed by atoms with Gasteiger partial charge in [0.25, 0.3) is 0 Å². The summed E-state index contributed by atoms with van der Waals surface area (Å²) in [4.78, 5) is 14.9. The average Bonchev–Trinajstić information content (AvgIpc) is 2.88. The molecule has 1 aliphatic rings. The number of guanidine groups is 1. The molecule has 1 rings (SSSR count). The van der Waals surface area contributed by atoms with Gasteiger partial charge in [-0.15, -0.1) is 0 Å². The van der Waals surface area contributed by atoms with Crippen LogP contribution in [0, 0.1) is 0 Å². The van der Waals surface area contributed by atoms with Gasteiger partial charge >= 0.3 is 5.97 Å². The van der Waals surface area contributed by atoms with Gasteiger partial charge in [0, 0.05) is 6.04 Å². The number of nitrogens with one attached hydrogen (secondary N) is 1. The van der Waals surface area contributed by atoms with E-state index in [9.17, 15) is 4.79 Å². The Labute approximate surface area is 83.7 Å². The van der Waals surface area contributed by atoms with Crippen molar-refractivity contribution in [1.29, 1.82) is 0 Å². The van der Waals surface area contributed by atoms with Gasteiger partial charge in [-0.1, -0.05) is 0 Å². The summed E-state index contributed by atoms with van der Waals surface area (Å²) in [6.45, 7) is 2.59. The van der Waals surface area contributed by atoms with Crippen LogP contribution in [0.3, 0.4) is 0 Å². The normalized spacial score (nSPS) is 16.5. The number of ether oxygens (including phenoxy) is 1. The lowest BCUT2D eigenvalue weighted by atomic mass is 10.4. The molecule has 1 saturated carbocycles. The van der Waals surface area contributed by atoms with Crippen molar-refractivity contribution < 1.29 is 9.53 Å². The Kier molecular flexibility index (Phi) is 4.22. The molecule has 0 aromatic heterocycles. The Morgan fingerprint density at radius 3 is 2.93 bits per heavy atom. The van der Waals surface area contributed by atoms with Gasteiger partial charge in [-0.3, -0.25) is 9.79 Å². The Bertz CT molecular complexity index is 224. The van der Waals surface area contributed by atoms with Crippen molar-refractivity contribution >= 4 is 11.9 Å². The average molecular weight is 199 g/mol. The van der Waals surface area contributed by atoms with E-state index < -0.39 is 0 Å². The summed E-state index contributed by atoms with van der Waals surface area (Å²) in [6, 6.07) is 0.501. The smallest absolute Gasteiger partial charge is 0.307 e. The highest BCUT2D eigenvalue weighted by molar-refractivity contribution is 5.79. The summed E-state index contributed by atoms with van der Waals surface area (Å²) in [5.74, 6) is 0.201. The summed E-state index contributed by atoms with van der Waals surface area (Å²) in [7, 11) is 0. The summed E-state index contributed by atoms with van der Waals surface area (Å²) >= 11 is 0. The van der Waals surface area contributed by atoms with Crippen LogP contribution in [0.15, 0.2) is 4.99 Å². The van der Waals surface area contributed by atoms with Crippen molar-refractivity contribution in [3.05, 3.63) is 0 Å². The lowest BCUT2D eigenvalue weighted by molar-refractivity contribution is -0.142. The fourth-order valence-corrected chi connectivity index (χ4v) is 0.983. The van der Waals surface area contributed by atoms with Gasteiger partial charge in [0.1, 0.15) is 0 Å². The van der Waals surface area contributed by atoms with Gasteiger partial charge in [-0.25, -0.2) is 0 Å². The molecule has 1 fully saturated rings. The SMILES string of the molecule is CCOC(=O)CCN=C(N)NC1CC1. The molecule has 0 spiro atoms. The molecule has 0 unspecified atom stereocenters. The maximum absolute atomic E-state index is 10.9. The van der Waals surface area contributed by atoms with Crippen LogP contribution in [0.25, 0.3) is 0 Å². The minimum absolute atomic E-state index is 0.226. The van der Waals surface area contributed by atoms with Crippen LogP contribution >= 0.6 is 0 Å². The van der Waals surface area contributed by atoms with E-state index >= 15 is 0 Å². The second-order valence-electron chi connectivity index (χ2n) is 3.24. The molecule has 0 saturated heterocycles. The number of aliphatic imine (C=N–C) groups is 1. The molecule has 5 nitrogen and oxygen atoms in total. The summed E-state index contributed by atoms with van der Waals surface area (Å²) in [5, 5.41) is 3.04. The summed E-state index contributed by atoms with van der Waals surface area (Å²) in [6.07, 6.45) is 2.61.